The summed E-state index contributed by atoms with van der Waals surface area (Å²) in [6, 6.07) is 0. The van der Waals surface area contributed by atoms with E-state index in [0.717, 1.165) is 0 Å². The summed E-state index contributed by atoms with van der Waals surface area (Å²) in [5.41, 5.74) is 10.8. The Kier molecular flexibility index (Phi) is 3.19. The van der Waals surface area contributed by atoms with E-state index >= 15 is 0 Å². The van der Waals surface area contributed by atoms with Gasteiger partial charge in [-0.15, -0.1) is 0 Å². The van der Waals surface area contributed by atoms with E-state index in [0.29, 0.717) is 5.84 Å². The molecule has 0 saturated heterocycles. The predicted molar refractivity (Wildman–Crippen MR) is 39.0 cm³/mol. The highest BCUT2D eigenvalue weighted by molar-refractivity contribution is 5.77. The Morgan fingerprint density at radius 2 is 2.00 bits per heavy atom. The van der Waals surface area contributed by atoms with Crippen LogP contribution in [-0.2, 0) is 0 Å². The molecule has 4 heteroatoms. The van der Waals surface area contributed by atoms with Crippen molar-refractivity contribution in [3.05, 3.63) is 0 Å². The monoisotopic (exact) mass is 130 g/mol. The summed E-state index contributed by atoms with van der Waals surface area (Å²) in [4.78, 5) is 5.65. The minimum atomic E-state index is -0.310. The molecule has 0 aliphatic heterocycles. The van der Waals surface area contributed by atoms with Gasteiger partial charge in [0.2, 0.25) is 0 Å². The van der Waals surface area contributed by atoms with Crippen LogP contribution in [-0.4, -0.2) is 31.1 Å². The second-order valence-corrected chi connectivity index (χ2v) is 2.15. The second-order valence-electron chi connectivity index (χ2n) is 2.15. The molecule has 4 nitrogen and oxygen atoms in total. The smallest absolute Gasteiger partial charge is 0.155 e. The summed E-state index contributed by atoms with van der Waals surface area (Å²) in [5.74, 6) is 0.510. The van der Waals surface area contributed by atoms with Crippen LogP contribution in [0.1, 0.15) is 6.92 Å². The van der Waals surface area contributed by atoms with E-state index in [1.54, 1.807) is 11.8 Å². The largest absolute Gasteiger partial charge is 0.388 e. The fourth-order valence-corrected chi connectivity index (χ4v) is 0.324. The highest BCUT2D eigenvalue weighted by Gasteiger charge is 1.98. The van der Waals surface area contributed by atoms with Gasteiger partial charge in [-0.05, 0) is 21.0 Å². The van der Waals surface area contributed by atoms with Gasteiger partial charge in [0.15, 0.2) is 6.29 Å². The SMILES string of the molecule is CC(N)=NC(N)N(C)C. The molecule has 0 radical (unpaired) electrons. The fraction of sp³-hybridized carbons (Fsp3) is 0.800. The summed E-state index contributed by atoms with van der Waals surface area (Å²) in [6.45, 7) is 1.71. The van der Waals surface area contributed by atoms with Gasteiger partial charge in [-0.3, -0.25) is 10.6 Å². The topological polar surface area (TPSA) is 67.6 Å². The number of amidine groups is 1. The molecule has 0 fully saturated rings. The zero-order chi connectivity index (χ0) is 7.44. The van der Waals surface area contributed by atoms with E-state index in [-0.39, 0.29) is 6.29 Å². The van der Waals surface area contributed by atoms with E-state index in [1.807, 2.05) is 14.1 Å². The first-order chi connectivity index (χ1) is 4.04. The van der Waals surface area contributed by atoms with Crippen molar-refractivity contribution < 1.29 is 0 Å². The number of aliphatic imine (C=N–C) groups is 1. The van der Waals surface area contributed by atoms with Crippen molar-refractivity contribution >= 4 is 5.84 Å². The minimum Gasteiger partial charge on any atom is -0.388 e. The molecule has 0 aromatic carbocycles. The zero-order valence-corrected chi connectivity index (χ0v) is 6.13. The van der Waals surface area contributed by atoms with Crippen LogP contribution in [0.25, 0.3) is 0 Å². The quantitative estimate of drug-likeness (QED) is 0.291. The summed E-state index contributed by atoms with van der Waals surface area (Å²) in [6.07, 6.45) is -0.310. The van der Waals surface area contributed by atoms with Gasteiger partial charge in [-0.1, -0.05) is 0 Å². The standard InChI is InChI=1S/C5H14N4/c1-4(6)8-5(7)9(2)3/h5H,7H2,1-3H3,(H2,6,8). The van der Waals surface area contributed by atoms with Crippen LogP contribution in [0.3, 0.4) is 0 Å². The molecule has 54 valence electrons. The fourth-order valence-electron chi connectivity index (χ4n) is 0.324. The Morgan fingerprint density at radius 3 is 2.11 bits per heavy atom. The maximum Gasteiger partial charge on any atom is 0.155 e. The average Bonchev–Trinajstić information content (AvgIpc) is 1.63. The van der Waals surface area contributed by atoms with Gasteiger partial charge < -0.3 is 5.73 Å². The van der Waals surface area contributed by atoms with Crippen molar-refractivity contribution in [3.8, 4) is 0 Å². The van der Waals surface area contributed by atoms with E-state index in [2.05, 4.69) is 4.99 Å². The molecule has 0 rings (SSSR count). The molecule has 4 N–H and O–H groups in total. The maximum atomic E-state index is 5.48. The predicted octanol–water partition coefficient (Wildman–Crippen LogP) is -0.833. The molecule has 0 aliphatic rings. The van der Waals surface area contributed by atoms with Crippen molar-refractivity contribution in [2.24, 2.45) is 16.5 Å². The molecule has 0 aromatic rings. The summed E-state index contributed by atoms with van der Waals surface area (Å²) in [5, 5.41) is 0. The number of nitrogens with zero attached hydrogens (tertiary/aromatic N) is 2. The van der Waals surface area contributed by atoms with Gasteiger partial charge in [-0.25, -0.2) is 4.99 Å². The van der Waals surface area contributed by atoms with Gasteiger partial charge in [0.05, 0.1) is 5.84 Å². The van der Waals surface area contributed by atoms with Crippen molar-refractivity contribution in [2.45, 2.75) is 13.2 Å². The van der Waals surface area contributed by atoms with E-state index in [9.17, 15) is 0 Å². The molecular formula is C5H14N4. The van der Waals surface area contributed by atoms with Crippen LogP contribution >= 0.6 is 0 Å². The number of hydrogen-bond donors (Lipinski definition) is 2. The van der Waals surface area contributed by atoms with Crippen molar-refractivity contribution in [2.75, 3.05) is 14.1 Å². The summed E-state index contributed by atoms with van der Waals surface area (Å²) >= 11 is 0. The van der Waals surface area contributed by atoms with Gasteiger partial charge in [0.25, 0.3) is 0 Å². The Morgan fingerprint density at radius 1 is 1.56 bits per heavy atom. The van der Waals surface area contributed by atoms with Crippen LogP contribution in [0.2, 0.25) is 0 Å². The molecule has 9 heavy (non-hydrogen) atoms. The van der Waals surface area contributed by atoms with Crippen LogP contribution < -0.4 is 11.5 Å². The third kappa shape index (κ3) is 3.93. The molecule has 0 bridgehead atoms. The summed E-state index contributed by atoms with van der Waals surface area (Å²) < 4.78 is 0. The van der Waals surface area contributed by atoms with Gasteiger partial charge in [-0.2, -0.15) is 0 Å². The third-order valence-electron chi connectivity index (χ3n) is 0.865. The van der Waals surface area contributed by atoms with Crippen molar-refractivity contribution in [1.82, 2.24) is 4.90 Å². The molecule has 0 saturated carbocycles. The first-order valence-electron chi connectivity index (χ1n) is 2.76. The number of nitrogens with two attached hydrogens (primary N) is 2. The average molecular weight is 130 g/mol. The van der Waals surface area contributed by atoms with Crippen molar-refractivity contribution in [3.63, 3.8) is 0 Å². The zero-order valence-electron chi connectivity index (χ0n) is 6.13. The Balaban J connectivity index is 3.76. The Bertz CT molecular complexity index is 104. The first-order valence-corrected chi connectivity index (χ1v) is 2.76. The molecule has 0 aliphatic carbocycles. The normalized spacial score (nSPS) is 16.3. The molecule has 1 unspecified atom stereocenters. The molecule has 0 heterocycles. The van der Waals surface area contributed by atoms with Gasteiger partial charge in [0.1, 0.15) is 0 Å². The van der Waals surface area contributed by atoms with E-state index in [1.165, 1.54) is 0 Å². The van der Waals surface area contributed by atoms with Crippen LogP contribution in [0.4, 0.5) is 0 Å². The maximum absolute atomic E-state index is 5.48. The lowest BCUT2D eigenvalue weighted by Gasteiger charge is -2.14. The van der Waals surface area contributed by atoms with Crippen LogP contribution in [0, 0.1) is 0 Å². The van der Waals surface area contributed by atoms with Gasteiger partial charge in [0, 0.05) is 0 Å². The molecular weight excluding hydrogens is 116 g/mol. The van der Waals surface area contributed by atoms with Crippen LogP contribution in [0.15, 0.2) is 4.99 Å². The Labute approximate surface area is 55.5 Å². The summed E-state index contributed by atoms with van der Waals surface area (Å²) in [7, 11) is 3.69. The van der Waals surface area contributed by atoms with Gasteiger partial charge >= 0.3 is 0 Å². The minimum absolute atomic E-state index is 0.310. The molecule has 0 aromatic heterocycles. The second kappa shape index (κ2) is 3.42. The van der Waals surface area contributed by atoms with Crippen molar-refractivity contribution in [1.29, 1.82) is 0 Å². The molecule has 0 spiro atoms. The first kappa shape index (κ1) is 8.39. The lowest BCUT2D eigenvalue weighted by atomic mass is 10.6. The molecule has 0 amide bonds. The highest BCUT2D eigenvalue weighted by atomic mass is 15.3. The van der Waals surface area contributed by atoms with E-state index < -0.39 is 0 Å². The third-order valence-corrected chi connectivity index (χ3v) is 0.865. The number of hydrogen-bond acceptors (Lipinski definition) is 3. The van der Waals surface area contributed by atoms with Crippen LogP contribution in [0.5, 0.6) is 0 Å². The van der Waals surface area contributed by atoms with E-state index in [4.69, 9.17) is 11.5 Å². The molecule has 1 atom stereocenters. The lowest BCUT2D eigenvalue weighted by Crippen LogP contribution is -2.35. The highest BCUT2D eigenvalue weighted by Crippen LogP contribution is 1.83. The number of rotatable bonds is 2. The lowest BCUT2D eigenvalue weighted by molar-refractivity contribution is 0.310. The Hall–Kier alpha value is -0.610.